The molecule has 0 radical (unpaired) electrons. The van der Waals surface area contributed by atoms with E-state index in [-0.39, 0.29) is 7.09 Å². The highest BCUT2D eigenvalue weighted by Crippen LogP contribution is 1.99. The number of nitrogens with zero attached hydrogens (tertiary/aromatic N) is 1. The zero-order chi connectivity index (χ0) is 6.53. The van der Waals surface area contributed by atoms with Crippen LogP contribution in [0.15, 0.2) is 24.4 Å². The summed E-state index contributed by atoms with van der Waals surface area (Å²) in [7, 11) is -0.0724. The Morgan fingerprint density at radius 3 is 3.38 bits per heavy atom. The molecule has 0 spiro atoms. The van der Waals surface area contributed by atoms with Gasteiger partial charge in [0, 0.05) is 12.3 Å². The Hall–Kier alpha value is -1.05. The van der Waals surface area contributed by atoms with E-state index in [1.807, 2.05) is 6.07 Å². The van der Waals surface area contributed by atoms with Crippen molar-refractivity contribution in [3.63, 3.8) is 0 Å². The number of hydrogen-bond donors (Lipinski definition) is 0. The molecule has 0 saturated heterocycles. The molecule has 8 heavy (non-hydrogen) atoms. The minimum absolute atomic E-state index is 0.0724. The van der Waals surface area contributed by atoms with E-state index in [9.17, 15) is 0 Å². The standard InChI is InChI=1S/C6H7NO/c1-8-6-4-2-3-5-7-6/h2-5H,1H3/i1D. The van der Waals surface area contributed by atoms with Crippen LogP contribution in [0, 0.1) is 0 Å². The average Bonchev–Trinajstić information content (AvgIpc) is 1.91. The fourth-order valence-electron chi connectivity index (χ4n) is 0.432. The molecule has 1 aromatic heterocycles. The Balaban J connectivity index is 2.61. The Kier molecular flexibility index (Phi) is 1.12. The van der Waals surface area contributed by atoms with Gasteiger partial charge in [0.05, 0.1) is 8.46 Å². The Labute approximate surface area is 49.5 Å². The van der Waals surface area contributed by atoms with Gasteiger partial charge in [-0.1, -0.05) is 6.07 Å². The van der Waals surface area contributed by atoms with Crippen molar-refractivity contribution in [3.8, 4) is 5.88 Å². The van der Waals surface area contributed by atoms with Crippen LogP contribution in [0.3, 0.4) is 0 Å². The van der Waals surface area contributed by atoms with Crippen LogP contribution in [0.1, 0.15) is 1.37 Å². The molecular weight excluding hydrogens is 102 g/mol. The number of methoxy groups -OCH3 is 1. The van der Waals surface area contributed by atoms with Crippen molar-refractivity contribution in [1.82, 2.24) is 4.98 Å². The highest BCUT2D eigenvalue weighted by Gasteiger charge is 1.82. The van der Waals surface area contributed by atoms with Crippen molar-refractivity contribution in [3.05, 3.63) is 24.4 Å². The lowest BCUT2D eigenvalue weighted by Crippen LogP contribution is -1.83. The zero-order valence-electron chi connectivity index (χ0n) is 5.37. The third-order valence-corrected chi connectivity index (χ3v) is 0.786. The van der Waals surface area contributed by atoms with Gasteiger partial charge in [0.2, 0.25) is 5.88 Å². The molecule has 0 amide bonds. The zero-order valence-corrected chi connectivity index (χ0v) is 4.37. The number of rotatable bonds is 1. The first-order chi connectivity index (χ1) is 4.43. The normalized spacial score (nSPS) is 10.2. The third kappa shape index (κ3) is 0.964. The van der Waals surface area contributed by atoms with Gasteiger partial charge in [0.15, 0.2) is 0 Å². The van der Waals surface area contributed by atoms with E-state index in [0.717, 1.165) is 0 Å². The van der Waals surface area contributed by atoms with Crippen molar-refractivity contribution < 1.29 is 6.11 Å². The van der Waals surface area contributed by atoms with Crippen molar-refractivity contribution in [2.75, 3.05) is 7.09 Å². The predicted molar refractivity (Wildman–Crippen MR) is 30.8 cm³/mol. The van der Waals surface area contributed by atoms with Gasteiger partial charge in [0.1, 0.15) is 0 Å². The van der Waals surface area contributed by atoms with Gasteiger partial charge < -0.3 is 4.74 Å². The van der Waals surface area contributed by atoms with Gasteiger partial charge in [-0.15, -0.1) is 0 Å². The van der Waals surface area contributed by atoms with E-state index in [2.05, 4.69) is 4.98 Å². The van der Waals surface area contributed by atoms with E-state index in [1.54, 1.807) is 18.3 Å². The van der Waals surface area contributed by atoms with Crippen molar-refractivity contribution in [2.24, 2.45) is 0 Å². The third-order valence-electron chi connectivity index (χ3n) is 0.786. The summed E-state index contributed by atoms with van der Waals surface area (Å²) in [6, 6.07) is 5.34. The van der Waals surface area contributed by atoms with Crippen LogP contribution in [0.2, 0.25) is 0 Å². The maximum absolute atomic E-state index is 6.68. The lowest BCUT2D eigenvalue weighted by atomic mass is 10.5. The molecule has 0 aliphatic carbocycles. The van der Waals surface area contributed by atoms with Crippen LogP contribution in [0.4, 0.5) is 0 Å². The van der Waals surface area contributed by atoms with Gasteiger partial charge in [-0.3, -0.25) is 0 Å². The van der Waals surface area contributed by atoms with Gasteiger partial charge in [-0.25, -0.2) is 4.98 Å². The first-order valence-electron chi connectivity index (χ1n) is 2.97. The lowest BCUT2D eigenvalue weighted by molar-refractivity contribution is 0.398. The molecule has 0 aromatic carbocycles. The molecule has 0 unspecified atom stereocenters. The first-order valence-corrected chi connectivity index (χ1v) is 2.26. The summed E-state index contributed by atoms with van der Waals surface area (Å²) < 4.78 is 11.4. The smallest absolute Gasteiger partial charge is 0.212 e. The summed E-state index contributed by atoms with van der Waals surface area (Å²) in [5.41, 5.74) is 0. The molecule has 1 rings (SSSR count). The van der Waals surface area contributed by atoms with Crippen molar-refractivity contribution in [1.29, 1.82) is 0 Å². The minimum Gasteiger partial charge on any atom is -0.481 e. The first kappa shape index (κ1) is 3.89. The maximum atomic E-state index is 6.68. The van der Waals surface area contributed by atoms with E-state index in [0.29, 0.717) is 5.88 Å². The van der Waals surface area contributed by atoms with E-state index < -0.39 is 0 Å². The summed E-state index contributed by atoms with van der Waals surface area (Å²) in [5, 5.41) is 0. The highest BCUT2D eigenvalue weighted by molar-refractivity contribution is 5.08. The highest BCUT2D eigenvalue weighted by atomic mass is 16.5. The molecule has 0 saturated carbocycles. The van der Waals surface area contributed by atoms with E-state index in [1.165, 1.54) is 0 Å². The second kappa shape index (κ2) is 2.31. The van der Waals surface area contributed by atoms with Crippen LogP contribution in [0.5, 0.6) is 5.88 Å². The largest absolute Gasteiger partial charge is 0.481 e. The minimum atomic E-state index is -0.0724. The van der Waals surface area contributed by atoms with Gasteiger partial charge in [-0.2, -0.15) is 0 Å². The molecule has 1 aromatic rings. The number of aromatic nitrogens is 1. The van der Waals surface area contributed by atoms with Crippen molar-refractivity contribution >= 4 is 0 Å². The second-order valence-corrected chi connectivity index (χ2v) is 1.31. The van der Waals surface area contributed by atoms with Crippen molar-refractivity contribution in [2.45, 2.75) is 0 Å². The van der Waals surface area contributed by atoms with Gasteiger partial charge >= 0.3 is 0 Å². The summed E-state index contributed by atoms with van der Waals surface area (Å²) >= 11 is 0. The Bertz CT molecular complexity index is 166. The Morgan fingerprint density at radius 2 is 2.75 bits per heavy atom. The summed E-state index contributed by atoms with van der Waals surface area (Å²) in [6.07, 6.45) is 1.63. The lowest BCUT2D eigenvalue weighted by Gasteiger charge is -1.92. The van der Waals surface area contributed by atoms with Crippen LogP contribution >= 0.6 is 0 Å². The van der Waals surface area contributed by atoms with E-state index >= 15 is 0 Å². The fraction of sp³-hybridized carbons (Fsp3) is 0.167. The monoisotopic (exact) mass is 110 g/mol. The molecule has 0 aliphatic heterocycles. The molecule has 0 bridgehead atoms. The summed E-state index contributed by atoms with van der Waals surface area (Å²) in [4.78, 5) is 3.83. The maximum Gasteiger partial charge on any atom is 0.212 e. The van der Waals surface area contributed by atoms with Gasteiger partial charge in [0.25, 0.3) is 0 Å². The molecule has 0 fully saturated rings. The van der Waals surface area contributed by atoms with Crippen LogP contribution in [-0.2, 0) is 0 Å². The molecular formula is C6H7NO. The van der Waals surface area contributed by atoms with Crippen LogP contribution < -0.4 is 4.74 Å². The number of hydrogen-bond acceptors (Lipinski definition) is 2. The average molecular weight is 110 g/mol. The molecule has 42 valence electrons. The molecule has 2 nitrogen and oxygen atoms in total. The van der Waals surface area contributed by atoms with E-state index in [4.69, 9.17) is 6.11 Å². The molecule has 0 atom stereocenters. The molecule has 2 heteroatoms. The van der Waals surface area contributed by atoms with Gasteiger partial charge in [-0.05, 0) is 6.07 Å². The van der Waals surface area contributed by atoms with Crippen LogP contribution in [-0.4, -0.2) is 12.1 Å². The molecule has 1 heterocycles. The molecule has 0 N–H and O–H groups in total. The predicted octanol–water partition coefficient (Wildman–Crippen LogP) is 1.09. The fourth-order valence-corrected chi connectivity index (χ4v) is 0.432. The quantitative estimate of drug-likeness (QED) is 0.540. The topological polar surface area (TPSA) is 22.1 Å². The SMILES string of the molecule is [2H]COc1ccccn1. The number of ether oxygens (including phenoxy) is 1. The Morgan fingerprint density at radius 1 is 1.75 bits per heavy atom. The molecule has 0 aliphatic rings. The number of pyridine rings is 1. The van der Waals surface area contributed by atoms with Crippen LogP contribution in [0.25, 0.3) is 0 Å². The summed E-state index contributed by atoms with van der Waals surface area (Å²) in [6.45, 7) is 0. The second-order valence-electron chi connectivity index (χ2n) is 1.31. The summed E-state index contributed by atoms with van der Waals surface area (Å²) in [5.74, 6) is 0.507.